The average Bonchev–Trinajstić information content (AvgIpc) is 3.68. The number of rotatable bonds is 6. The van der Waals surface area contributed by atoms with Gasteiger partial charge in [0.2, 0.25) is 0 Å². The lowest BCUT2D eigenvalue weighted by Gasteiger charge is -2.20. The summed E-state index contributed by atoms with van der Waals surface area (Å²) in [6.07, 6.45) is 0. The van der Waals surface area contributed by atoms with Crippen LogP contribution in [0.4, 0.5) is 0 Å². The van der Waals surface area contributed by atoms with Crippen LogP contribution in [-0.4, -0.2) is 0 Å². The molecule has 0 unspecified atom stereocenters. The summed E-state index contributed by atoms with van der Waals surface area (Å²) < 4.78 is 6.48. The fourth-order valence-corrected chi connectivity index (χ4v) is 8.79. The fraction of sp³-hybridized carbons (Fsp3) is 0. The molecular formula is C56H36O. The molecule has 0 aliphatic carbocycles. The quantitative estimate of drug-likeness (QED) is 0.156. The van der Waals surface area contributed by atoms with Crippen LogP contribution in [-0.2, 0) is 0 Å². The van der Waals surface area contributed by atoms with E-state index in [4.69, 9.17) is 4.42 Å². The van der Waals surface area contributed by atoms with E-state index in [0.717, 1.165) is 38.6 Å². The zero-order valence-electron chi connectivity index (χ0n) is 31.2. The summed E-state index contributed by atoms with van der Waals surface area (Å²) in [6.45, 7) is 0. The van der Waals surface area contributed by atoms with E-state index in [-0.39, 0.29) is 0 Å². The summed E-state index contributed by atoms with van der Waals surface area (Å²) >= 11 is 0. The van der Waals surface area contributed by atoms with Gasteiger partial charge in [-0.15, -0.1) is 0 Å². The third-order valence-corrected chi connectivity index (χ3v) is 11.5. The van der Waals surface area contributed by atoms with E-state index in [0.29, 0.717) is 0 Å². The Labute approximate surface area is 331 Å². The van der Waals surface area contributed by atoms with Gasteiger partial charge in [0.05, 0.1) is 0 Å². The van der Waals surface area contributed by atoms with Crippen LogP contribution in [0, 0.1) is 0 Å². The second-order valence-electron chi connectivity index (χ2n) is 14.8. The monoisotopic (exact) mass is 724 g/mol. The zero-order valence-corrected chi connectivity index (χ0v) is 31.2. The largest absolute Gasteiger partial charge is 0.455 e. The number of hydrogen-bond acceptors (Lipinski definition) is 1. The maximum absolute atomic E-state index is 6.48. The molecule has 1 nitrogen and oxygen atoms in total. The highest BCUT2D eigenvalue weighted by molar-refractivity contribution is 6.22. The second-order valence-corrected chi connectivity index (χ2v) is 14.8. The minimum Gasteiger partial charge on any atom is -0.455 e. The number of furan rings is 1. The molecule has 1 heterocycles. The molecule has 0 saturated carbocycles. The van der Waals surface area contributed by atoms with E-state index in [1.165, 1.54) is 71.6 Å². The Morgan fingerprint density at radius 3 is 1.30 bits per heavy atom. The molecule has 0 N–H and O–H groups in total. The van der Waals surface area contributed by atoms with E-state index < -0.39 is 0 Å². The first kappa shape index (κ1) is 32.9. The van der Waals surface area contributed by atoms with Crippen molar-refractivity contribution in [3.8, 4) is 66.8 Å². The van der Waals surface area contributed by atoms with Crippen LogP contribution in [0.15, 0.2) is 223 Å². The van der Waals surface area contributed by atoms with Gasteiger partial charge >= 0.3 is 0 Å². The normalized spacial score (nSPS) is 11.5. The molecule has 1 aromatic heterocycles. The number of hydrogen-bond donors (Lipinski definition) is 0. The molecule has 1 heteroatoms. The molecule has 266 valence electrons. The summed E-state index contributed by atoms with van der Waals surface area (Å²) in [5.74, 6) is 0. The highest BCUT2D eigenvalue weighted by Crippen LogP contribution is 2.46. The molecule has 11 rings (SSSR count). The smallest absolute Gasteiger partial charge is 0.143 e. The van der Waals surface area contributed by atoms with Crippen LogP contribution in [0.2, 0.25) is 0 Å². The number of fused-ring (bicyclic) bond motifs is 5. The molecule has 11 aromatic rings. The maximum Gasteiger partial charge on any atom is 0.143 e. The summed E-state index contributed by atoms with van der Waals surface area (Å²) in [4.78, 5) is 0. The number of benzene rings is 10. The van der Waals surface area contributed by atoms with Crippen molar-refractivity contribution in [1.29, 1.82) is 0 Å². The van der Waals surface area contributed by atoms with E-state index in [1.807, 2.05) is 12.1 Å². The van der Waals surface area contributed by atoms with Gasteiger partial charge in [0.15, 0.2) is 0 Å². The molecule has 57 heavy (non-hydrogen) atoms. The van der Waals surface area contributed by atoms with Crippen LogP contribution in [0.25, 0.3) is 110 Å². The zero-order chi connectivity index (χ0) is 37.7. The Kier molecular flexibility index (Phi) is 7.89. The van der Waals surface area contributed by atoms with Gasteiger partial charge in [0.25, 0.3) is 0 Å². The lowest BCUT2D eigenvalue weighted by atomic mass is 9.84. The van der Waals surface area contributed by atoms with E-state index in [9.17, 15) is 0 Å². The fourth-order valence-electron chi connectivity index (χ4n) is 8.79. The first-order chi connectivity index (χ1) is 28.3. The van der Waals surface area contributed by atoms with Gasteiger partial charge in [-0.25, -0.2) is 0 Å². The van der Waals surface area contributed by atoms with Gasteiger partial charge in [-0.3, -0.25) is 0 Å². The van der Waals surface area contributed by atoms with Crippen LogP contribution < -0.4 is 0 Å². The topological polar surface area (TPSA) is 13.1 Å². The predicted octanol–water partition coefficient (Wildman–Crippen LogP) is 15.9. The Hall–Kier alpha value is -7.48. The molecule has 0 spiro atoms. The van der Waals surface area contributed by atoms with Crippen molar-refractivity contribution in [2.75, 3.05) is 0 Å². The highest BCUT2D eigenvalue weighted by Gasteiger charge is 2.19. The molecule has 10 aromatic carbocycles. The van der Waals surface area contributed by atoms with Gasteiger partial charge in [-0.2, -0.15) is 0 Å². The van der Waals surface area contributed by atoms with E-state index in [1.54, 1.807) is 0 Å². The van der Waals surface area contributed by atoms with Crippen LogP contribution in [0.5, 0.6) is 0 Å². The predicted molar refractivity (Wildman–Crippen MR) is 241 cm³/mol. The SMILES string of the molecule is c1ccc(-c2cccc(-c3c4ccccc4c(-c4cccc(-c5ccccc5)c4)c4cc(-c5cccc(-c6cccc7c6oc6ccccc67)c5)ccc34)c2)cc1. The van der Waals surface area contributed by atoms with Crippen LogP contribution in [0.1, 0.15) is 0 Å². The van der Waals surface area contributed by atoms with Crippen molar-refractivity contribution in [1.82, 2.24) is 0 Å². The van der Waals surface area contributed by atoms with Crippen LogP contribution in [0.3, 0.4) is 0 Å². The van der Waals surface area contributed by atoms with Gasteiger partial charge in [-0.05, 0) is 113 Å². The third-order valence-electron chi connectivity index (χ3n) is 11.5. The van der Waals surface area contributed by atoms with Crippen molar-refractivity contribution in [3.63, 3.8) is 0 Å². The molecule has 0 radical (unpaired) electrons. The molecule has 0 aliphatic heterocycles. The highest BCUT2D eigenvalue weighted by atomic mass is 16.3. The molecule has 0 atom stereocenters. The maximum atomic E-state index is 6.48. The lowest BCUT2D eigenvalue weighted by molar-refractivity contribution is 0.670. The molecule has 0 bridgehead atoms. The third kappa shape index (κ3) is 5.72. The Balaban J connectivity index is 1.15. The molecule has 0 fully saturated rings. The van der Waals surface area contributed by atoms with Crippen molar-refractivity contribution in [3.05, 3.63) is 218 Å². The van der Waals surface area contributed by atoms with Gasteiger partial charge in [-0.1, -0.05) is 188 Å². The molecular weight excluding hydrogens is 689 g/mol. The van der Waals surface area contributed by atoms with Crippen molar-refractivity contribution < 1.29 is 4.42 Å². The minimum absolute atomic E-state index is 0.909. The van der Waals surface area contributed by atoms with Crippen molar-refractivity contribution in [2.24, 2.45) is 0 Å². The summed E-state index contributed by atoms with van der Waals surface area (Å²) in [5, 5.41) is 7.20. The van der Waals surface area contributed by atoms with Crippen molar-refractivity contribution in [2.45, 2.75) is 0 Å². The molecule has 0 aliphatic rings. The first-order valence-electron chi connectivity index (χ1n) is 19.6. The van der Waals surface area contributed by atoms with Crippen LogP contribution >= 0.6 is 0 Å². The Morgan fingerprint density at radius 1 is 0.228 bits per heavy atom. The van der Waals surface area contributed by atoms with Crippen molar-refractivity contribution >= 4 is 43.5 Å². The van der Waals surface area contributed by atoms with Gasteiger partial charge in [0, 0.05) is 16.3 Å². The summed E-state index contributed by atoms with van der Waals surface area (Å²) in [7, 11) is 0. The van der Waals surface area contributed by atoms with Gasteiger partial charge < -0.3 is 4.42 Å². The number of para-hydroxylation sites is 2. The lowest BCUT2D eigenvalue weighted by Crippen LogP contribution is -1.92. The van der Waals surface area contributed by atoms with E-state index >= 15 is 0 Å². The van der Waals surface area contributed by atoms with Gasteiger partial charge in [0.1, 0.15) is 11.2 Å². The summed E-state index contributed by atoms with van der Waals surface area (Å²) in [6, 6.07) is 79.1. The molecule has 0 saturated heterocycles. The van der Waals surface area contributed by atoms with E-state index in [2.05, 4.69) is 206 Å². The second kappa shape index (κ2) is 13.7. The first-order valence-corrected chi connectivity index (χ1v) is 19.6. The Bertz CT molecular complexity index is 3280. The minimum atomic E-state index is 0.909. The summed E-state index contributed by atoms with van der Waals surface area (Å²) in [5.41, 5.74) is 16.1. The molecule has 0 amide bonds. The standard InChI is InChI=1S/C56H36O/c1-3-15-37(16-4-1)39-19-12-23-44(34-39)54-48-26-7-8-27-49(48)55(45-24-13-20-40(35-45)38-17-5-2-6-18-38)52-36-42(31-32-50(52)54)41-21-11-22-43(33-41)46-28-14-29-51-47-25-9-10-30-53(47)57-56(46)51/h1-36H. The Morgan fingerprint density at radius 2 is 0.649 bits per heavy atom. The average molecular weight is 725 g/mol.